The molecule has 14 aromatic carbocycles. The van der Waals surface area contributed by atoms with E-state index >= 15 is 0 Å². The second-order valence-corrected chi connectivity index (χ2v) is 21.9. The SMILES string of the molecule is CC(C)c1cc2cc(C(C)C)cc3c4cc5c(-c6ccccc6)c6c7ccc8c9ccc%10c%11c(ccc(c%12ccc(c6c(-c6ccccc6)c5cc4c(c1)c23)c7c%128)c%119)-c1ccc(C(C)(C)C)cc1-%10. The van der Waals surface area contributed by atoms with Crippen molar-refractivity contribution in [3.63, 3.8) is 0 Å². The van der Waals surface area contributed by atoms with Crippen LogP contribution in [0.3, 0.4) is 0 Å². The molecule has 0 nitrogen and oxygen atoms in total. The summed E-state index contributed by atoms with van der Waals surface area (Å²) in [6.07, 6.45) is 0. The highest BCUT2D eigenvalue weighted by Gasteiger charge is 2.30. The molecule has 322 valence electrons. The predicted molar refractivity (Wildman–Crippen MR) is 297 cm³/mol. The summed E-state index contributed by atoms with van der Waals surface area (Å²) in [5.41, 5.74) is 14.9. The van der Waals surface area contributed by atoms with Crippen molar-refractivity contribution in [2.45, 2.75) is 65.7 Å². The van der Waals surface area contributed by atoms with E-state index < -0.39 is 0 Å². The molecule has 0 heterocycles. The fourth-order valence-electron chi connectivity index (χ4n) is 13.2. The number of hydrogen-bond acceptors (Lipinski definition) is 0. The van der Waals surface area contributed by atoms with Crippen LogP contribution in [0.5, 0.6) is 0 Å². The van der Waals surface area contributed by atoms with E-state index in [0.29, 0.717) is 11.8 Å². The van der Waals surface area contributed by atoms with Gasteiger partial charge in [-0.3, -0.25) is 0 Å². The van der Waals surface area contributed by atoms with Crippen LogP contribution in [0.15, 0.2) is 164 Å². The van der Waals surface area contributed by atoms with Crippen molar-refractivity contribution in [2.24, 2.45) is 0 Å². The molecule has 0 bridgehead atoms. The molecule has 0 saturated heterocycles. The first-order valence-electron chi connectivity index (χ1n) is 24.8. The van der Waals surface area contributed by atoms with E-state index in [1.54, 1.807) is 0 Å². The zero-order valence-electron chi connectivity index (χ0n) is 39.7. The number of fused-ring (bicyclic) bond motifs is 12. The van der Waals surface area contributed by atoms with Crippen LogP contribution in [0, 0.1) is 0 Å². The minimum Gasteiger partial charge on any atom is -0.0622 e. The third-order valence-electron chi connectivity index (χ3n) is 16.5. The summed E-state index contributed by atoms with van der Waals surface area (Å²) in [6.45, 7) is 16.3. The van der Waals surface area contributed by atoms with Gasteiger partial charge in [-0.1, -0.05) is 194 Å². The molecule has 0 atom stereocenters. The summed E-state index contributed by atoms with van der Waals surface area (Å²) in [5.74, 6) is 0.848. The highest BCUT2D eigenvalue weighted by Crippen LogP contribution is 2.57. The quantitative estimate of drug-likeness (QED) is 0.122. The van der Waals surface area contributed by atoms with Crippen molar-refractivity contribution in [1.82, 2.24) is 0 Å². The van der Waals surface area contributed by atoms with Crippen LogP contribution >= 0.6 is 0 Å². The number of benzene rings is 12. The van der Waals surface area contributed by atoms with Crippen LogP contribution < -0.4 is 0 Å². The van der Waals surface area contributed by atoms with E-state index in [-0.39, 0.29) is 5.41 Å². The minimum absolute atomic E-state index is 0.0785. The van der Waals surface area contributed by atoms with E-state index in [0.717, 1.165) is 0 Å². The van der Waals surface area contributed by atoms with Crippen LogP contribution in [0.4, 0.5) is 0 Å². The number of hydrogen-bond donors (Lipinski definition) is 0. The van der Waals surface area contributed by atoms with Crippen LogP contribution in [-0.2, 0) is 5.41 Å². The average molecular weight is 867 g/mol. The first-order valence-corrected chi connectivity index (χ1v) is 24.8. The second kappa shape index (κ2) is 13.1. The lowest BCUT2D eigenvalue weighted by Gasteiger charge is -2.20. The van der Waals surface area contributed by atoms with E-state index in [9.17, 15) is 0 Å². The fourth-order valence-corrected chi connectivity index (χ4v) is 13.2. The van der Waals surface area contributed by atoms with Gasteiger partial charge in [-0.05, 0) is 204 Å². The first-order chi connectivity index (χ1) is 33.0. The van der Waals surface area contributed by atoms with Crippen molar-refractivity contribution >= 4 is 108 Å². The van der Waals surface area contributed by atoms with Crippen LogP contribution in [0.1, 0.15) is 77.0 Å². The molecule has 0 saturated carbocycles. The Kier molecular flexibility index (Phi) is 7.44. The molecule has 0 aliphatic heterocycles. The normalized spacial score (nSPS) is 13.2. The van der Waals surface area contributed by atoms with Gasteiger partial charge >= 0.3 is 0 Å². The molecule has 0 spiro atoms. The van der Waals surface area contributed by atoms with E-state index in [1.807, 2.05) is 0 Å². The van der Waals surface area contributed by atoms with Crippen molar-refractivity contribution in [1.29, 1.82) is 0 Å². The molecule has 68 heavy (non-hydrogen) atoms. The lowest BCUT2D eigenvalue weighted by atomic mass is 9.85. The van der Waals surface area contributed by atoms with Gasteiger partial charge in [-0.25, -0.2) is 0 Å². The monoisotopic (exact) mass is 866 g/mol. The zero-order chi connectivity index (χ0) is 45.6. The fraction of sp³-hybridized carbons (Fsp3) is 0.147. The molecule has 0 N–H and O–H groups in total. The molecular weight excluding hydrogens is 817 g/mol. The molecule has 0 unspecified atom stereocenters. The summed E-state index contributed by atoms with van der Waals surface area (Å²) in [5, 5.41) is 27.1. The van der Waals surface area contributed by atoms with Gasteiger partial charge < -0.3 is 0 Å². The first kappa shape index (κ1) is 38.6. The maximum absolute atomic E-state index is 2.59. The van der Waals surface area contributed by atoms with E-state index in [4.69, 9.17) is 0 Å². The van der Waals surface area contributed by atoms with Gasteiger partial charge in [0.1, 0.15) is 0 Å². The van der Waals surface area contributed by atoms with Gasteiger partial charge in [0.25, 0.3) is 0 Å². The van der Waals surface area contributed by atoms with Gasteiger partial charge in [-0.15, -0.1) is 0 Å². The summed E-state index contributed by atoms with van der Waals surface area (Å²) >= 11 is 0. The molecule has 1 aliphatic rings. The molecule has 14 aromatic rings. The maximum Gasteiger partial charge on any atom is -0.000740 e. The van der Waals surface area contributed by atoms with E-state index in [2.05, 4.69) is 212 Å². The minimum atomic E-state index is 0.0785. The summed E-state index contributed by atoms with van der Waals surface area (Å²) < 4.78 is 0. The Bertz CT molecular complexity index is 4270. The Hall–Kier alpha value is -7.54. The van der Waals surface area contributed by atoms with Crippen LogP contribution in [-0.4, -0.2) is 0 Å². The molecular formula is C68H50. The zero-order valence-corrected chi connectivity index (χ0v) is 39.7. The molecule has 1 aliphatic carbocycles. The molecule has 15 rings (SSSR count). The highest BCUT2D eigenvalue weighted by atomic mass is 14.3. The van der Waals surface area contributed by atoms with Crippen LogP contribution in [0.25, 0.3) is 152 Å². The molecule has 0 fully saturated rings. The molecule has 0 amide bonds. The summed E-state index contributed by atoms with van der Waals surface area (Å²) in [4.78, 5) is 0. The topological polar surface area (TPSA) is 0 Å². The van der Waals surface area contributed by atoms with Crippen molar-refractivity contribution in [2.75, 3.05) is 0 Å². The number of rotatable bonds is 4. The Labute approximate surface area is 396 Å². The molecule has 0 heteroatoms. The lowest BCUT2D eigenvalue weighted by molar-refractivity contribution is 0.590. The maximum atomic E-state index is 2.59. The van der Waals surface area contributed by atoms with Gasteiger partial charge in [-0.2, -0.15) is 0 Å². The van der Waals surface area contributed by atoms with Gasteiger partial charge in [0, 0.05) is 0 Å². The third kappa shape index (κ3) is 4.85. The second-order valence-electron chi connectivity index (χ2n) is 21.9. The van der Waals surface area contributed by atoms with Crippen molar-refractivity contribution in [3.05, 3.63) is 180 Å². The van der Waals surface area contributed by atoms with Crippen LogP contribution in [0.2, 0.25) is 0 Å². The third-order valence-corrected chi connectivity index (χ3v) is 16.5. The van der Waals surface area contributed by atoms with Crippen molar-refractivity contribution < 1.29 is 0 Å². The van der Waals surface area contributed by atoms with Gasteiger partial charge in [0.15, 0.2) is 0 Å². The Morgan fingerprint density at radius 1 is 0.294 bits per heavy atom. The molecule has 0 radical (unpaired) electrons. The van der Waals surface area contributed by atoms with Gasteiger partial charge in [0.05, 0.1) is 0 Å². The lowest BCUT2D eigenvalue weighted by Crippen LogP contribution is -2.10. The Morgan fingerprint density at radius 3 is 1.21 bits per heavy atom. The molecule has 0 aromatic heterocycles. The summed E-state index contributed by atoms with van der Waals surface area (Å²) in [7, 11) is 0. The predicted octanol–water partition coefficient (Wildman–Crippen LogP) is 20.1. The Balaban J connectivity index is 1.13. The van der Waals surface area contributed by atoms with E-state index in [1.165, 1.54) is 169 Å². The van der Waals surface area contributed by atoms with Crippen molar-refractivity contribution in [3.8, 4) is 44.5 Å². The average Bonchev–Trinajstić information content (AvgIpc) is 3.97. The smallest absolute Gasteiger partial charge is 0.000740 e. The Morgan fingerprint density at radius 2 is 0.721 bits per heavy atom. The highest BCUT2D eigenvalue weighted by molar-refractivity contribution is 6.47. The standard InChI is InChI=1S/C68H50/c1-35(2)39-28-41-29-40(36(3)4)31-56-54-34-58-57(33-53(54)55(30-39)59(41)56)60(37-14-10-8-11-15-37)66-50-26-24-47-45-21-20-44-43-19-18-42(68(5,6)7)32-52(43)49-23-22-46(63(45)62(44)49)48-25-27-51(65(50)64(47)48)67(66)61(58)38-16-12-9-13-17-38/h8-36H,1-7H3. The van der Waals surface area contributed by atoms with Gasteiger partial charge in [0.2, 0.25) is 0 Å². The largest absolute Gasteiger partial charge is 0.0622 e. The summed E-state index contributed by atoms with van der Waals surface area (Å²) in [6, 6.07) is 64.4.